The summed E-state index contributed by atoms with van der Waals surface area (Å²) in [7, 11) is 1.29. The molecule has 4 aromatic carbocycles. The van der Waals surface area contributed by atoms with Crippen LogP contribution in [0, 0.1) is 11.3 Å². The molecule has 0 atom stereocenters. The molecule has 0 spiro atoms. The summed E-state index contributed by atoms with van der Waals surface area (Å²) < 4.78 is 40.7. The first-order valence-corrected chi connectivity index (χ1v) is 14.7. The molecule has 0 aliphatic carbocycles. The number of benzene rings is 4. The highest BCUT2D eigenvalue weighted by Gasteiger charge is 2.30. The van der Waals surface area contributed by atoms with Gasteiger partial charge >= 0.3 is 12.1 Å². The fraction of sp³-hybridized carbons (Fsp3) is 0.0606. The Morgan fingerprint density at radius 3 is 1.33 bits per heavy atom. The van der Waals surface area contributed by atoms with Gasteiger partial charge in [-0.05, 0) is 108 Å². The lowest BCUT2D eigenvalue weighted by atomic mass is 10.1. The van der Waals surface area contributed by atoms with E-state index < -0.39 is 33.4 Å². The minimum atomic E-state index is -4.31. The highest BCUT2D eigenvalue weighted by atomic mass is 35.5. The van der Waals surface area contributed by atoms with Crippen molar-refractivity contribution in [3.8, 4) is 6.07 Å². The van der Waals surface area contributed by atoms with Crippen LogP contribution in [0.1, 0.15) is 68.5 Å². The maximum atomic E-state index is 12.1. The van der Waals surface area contributed by atoms with Crippen LogP contribution in [0.2, 0.25) is 0 Å². The molecule has 0 aromatic heterocycles. The van der Waals surface area contributed by atoms with Crippen molar-refractivity contribution in [2.75, 3.05) is 7.11 Å². The van der Waals surface area contributed by atoms with Crippen molar-refractivity contribution in [2.45, 2.75) is 6.18 Å². The zero-order chi connectivity index (χ0) is 36.4. The number of carbonyl (C=O) groups excluding carboxylic acids is 5. The van der Waals surface area contributed by atoms with Crippen LogP contribution in [0.5, 0.6) is 0 Å². The number of rotatable bonds is 6. The molecule has 0 heterocycles. The van der Waals surface area contributed by atoms with Crippen molar-refractivity contribution in [3.05, 3.63) is 142 Å². The molecule has 49 heavy (non-hydrogen) atoms. The highest BCUT2D eigenvalue weighted by molar-refractivity contribution is 7.83. The average molecular weight is 793 g/mol. The standard InChI is InChI=1S/C9H7ClO3.C8H4ClF3S.C8H4ClNO.C8H5ClO2.ClH/c1-13-9(12)7-4-2-6(3-5-7)8(10)11;9-7(13)5-1-3-6(4-2-5)8(10,11)12;2*9-8(11)7-3-1-6(5-10)2-4-7;/h2-5H,1H3;1-4H;1-4H;1-5H;1H/p-1. The predicted octanol–water partition coefficient (Wildman–Crippen LogP) is 6.29. The van der Waals surface area contributed by atoms with Crippen LogP contribution in [0.3, 0.4) is 0 Å². The number of nitrogens with zero attached hydrogens (tertiary/aromatic N) is 1. The third kappa shape index (κ3) is 16.7. The Hall–Kier alpha value is -4.15. The van der Waals surface area contributed by atoms with E-state index in [1.165, 1.54) is 67.8 Å². The minimum absolute atomic E-state index is 0. The van der Waals surface area contributed by atoms with Crippen LogP contribution in [0.4, 0.5) is 13.2 Å². The van der Waals surface area contributed by atoms with E-state index >= 15 is 0 Å². The molecule has 4 rings (SSSR count). The zero-order valence-corrected chi connectivity index (χ0v) is 29.2. The molecule has 0 radical (unpaired) electrons. The van der Waals surface area contributed by atoms with Crippen LogP contribution in [0.25, 0.3) is 0 Å². The van der Waals surface area contributed by atoms with Gasteiger partial charge in [0.1, 0.15) is 10.6 Å². The summed E-state index contributed by atoms with van der Waals surface area (Å²) in [6.45, 7) is 0. The Morgan fingerprint density at radius 2 is 1.02 bits per heavy atom. The number of methoxy groups -OCH3 is 1. The predicted molar refractivity (Wildman–Crippen MR) is 180 cm³/mol. The molecule has 0 aliphatic heterocycles. The molecule has 256 valence electrons. The molecule has 0 saturated carbocycles. The van der Waals surface area contributed by atoms with E-state index in [0.717, 1.165) is 12.1 Å². The van der Waals surface area contributed by atoms with E-state index in [1.54, 1.807) is 24.3 Å². The van der Waals surface area contributed by atoms with Crippen LogP contribution >= 0.6 is 58.6 Å². The second-order valence-corrected chi connectivity index (χ2v) is 10.7. The highest BCUT2D eigenvalue weighted by Crippen LogP contribution is 2.29. The summed E-state index contributed by atoms with van der Waals surface area (Å²) in [6.07, 6.45) is -3.60. The molecule has 0 unspecified atom stereocenters. The molecule has 0 N–H and O–H groups in total. The number of nitriles is 1. The second kappa shape index (κ2) is 22.5. The van der Waals surface area contributed by atoms with Gasteiger partial charge in [0.25, 0.3) is 15.7 Å². The number of esters is 1. The lowest BCUT2D eigenvalue weighted by Crippen LogP contribution is -3.00. The summed E-state index contributed by atoms with van der Waals surface area (Å²) in [5.41, 5.74) is 2.33. The van der Waals surface area contributed by atoms with Gasteiger partial charge in [-0.15, -0.1) is 0 Å². The minimum Gasteiger partial charge on any atom is -1.00 e. The van der Waals surface area contributed by atoms with E-state index in [-0.39, 0.29) is 16.7 Å². The number of halogens is 8. The number of hydrogen-bond donors (Lipinski definition) is 0. The average Bonchev–Trinajstić information content (AvgIpc) is 3.08. The first-order valence-electron chi connectivity index (χ1n) is 12.7. The SMILES string of the molecule is COC(=O)c1ccc(C(=O)Cl)cc1.FC(F)(F)c1ccc(C(=S)Cl)cc1.N#Cc1ccc(C(=O)Cl)cc1.O=Cc1ccc(C(=O)Cl)cc1.[Cl-]. The summed E-state index contributed by atoms with van der Waals surface area (Å²) in [4.78, 5) is 52.8. The monoisotopic (exact) mass is 790 g/mol. The molecular weight excluding hydrogens is 773 g/mol. The summed E-state index contributed by atoms with van der Waals surface area (Å²) in [5.74, 6) is -0.437. The van der Waals surface area contributed by atoms with Crippen molar-refractivity contribution in [3.63, 3.8) is 0 Å². The molecule has 0 bridgehead atoms. The van der Waals surface area contributed by atoms with Crippen LogP contribution < -0.4 is 12.4 Å². The molecule has 0 fully saturated rings. The fourth-order valence-electron chi connectivity index (χ4n) is 3.01. The molecule has 0 aliphatic rings. The number of carbonyl (C=O) groups is 5. The van der Waals surface area contributed by atoms with Gasteiger partial charge in [-0.25, -0.2) is 4.79 Å². The van der Waals surface area contributed by atoms with Crippen molar-refractivity contribution in [1.82, 2.24) is 0 Å². The van der Waals surface area contributed by atoms with Gasteiger partial charge in [0.15, 0.2) is 0 Å². The molecule has 0 amide bonds. The van der Waals surface area contributed by atoms with E-state index in [4.69, 9.17) is 51.7 Å². The summed E-state index contributed by atoms with van der Waals surface area (Å²) >= 11 is 25.6. The fourth-order valence-corrected chi connectivity index (χ4v) is 3.65. The van der Waals surface area contributed by atoms with Gasteiger partial charge in [0.05, 0.1) is 29.9 Å². The number of alkyl halides is 3. The van der Waals surface area contributed by atoms with Crippen molar-refractivity contribution in [2.24, 2.45) is 0 Å². The van der Waals surface area contributed by atoms with E-state index in [9.17, 15) is 37.1 Å². The van der Waals surface area contributed by atoms with Crippen molar-refractivity contribution >= 4 is 90.9 Å². The van der Waals surface area contributed by atoms with Crippen LogP contribution in [-0.4, -0.2) is 39.4 Å². The van der Waals surface area contributed by atoms with E-state index in [0.29, 0.717) is 45.2 Å². The number of hydrogen-bond acceptors (Lipinski definition) is 8. The lowest BCUT2D eigenvalue weighted by molar-refractivity contribution is -0.137. The quantitative estimate of drug-likeness (QED) is 0.0969. The number of aldehydes is 1. The first kappa shape index (κ1) is 44.9. The Labute approximate surface area is 309 Å². The zero-order valence-electron chi connectivity index (χ0n) is 24.6. The molecule has 4 aromatic rings. The topological polar surface area (TPSA) is 118 Å². The van der Waals surface area contributed by atoms with Gasteiger partial charge in [0.2, 0.25) is 0 Å². The van der Waals surface area contributed by atoms with Gasteiger partial charge in [-0.3, -0.25) is 19.2 Å². The first-order chi connectivity index (χ1) is 22.5. The third-order valence-electron chi connectivity index (χ3n) is 5.49. The molecule has 0 saturated heterocycles. The Morgan fingerprint density at radius 1 is 0.673 bits per heavy atom. The molecule has 16 heteroatoms. The van der Waals surface area contributed by atoms with E-state index in [2.05, 4.69) is 17.0 Å². The van der Waals surface area contributed by atoms with Gasteiger partial charge in [-0.1, -0.05) is 48.1 Å². The number of ether oxygens (including phenoxy) is 1. The van der Waals surface area contributed by atoms with Crippen LogP contribution in [0.15, 0.2) is 97.1 Å². The van der Waals surface area contributed by atoms with E-state index in [1.807, 2.05) is 6.07 Å². The summed E-state index contributed by atoms with van der Waals surface area (Å²) in [5, 5.41) is 6.84. The maximum absolute atomic E-state index is 12.1. The normalized spacial score (nSPS) is 9.53. The smallest absolute Gasteiger partial charge is 0.416 e. The van der Waals surface area contributed by atoms with Crippen molar-refractivity contribution in [1.29, 1.82) is 5.26 Å². The molecular formula is C33H20Cl5F3NO6S-. The Balaban J connectivity index is 0.000000625. The van der Waals surface area contributed by atoms with Gasteiger partial charge in [-0.2, -0.15) is 18.4 Å². The second-order valence-electron chi connectivity index (χ2n) is 8.67. The number of thiocarbonyl (C=S) groups is 1. The largest absolute Gasteiger partial charge is 1.00 e. The Kier molecular flexibility index (Phi) is 20.6. The van der Waals surface area contributed by atoms with Crippen LogP contribution in [-0.2, 0) is 10.9 Å². The summed E-state index contributed by atoms with van der Waals surface area (Å²) in [6, 6.07) is 24.5. The maximum Gasteiger partial charge on any atom is 0.416 e. The Bertz CT molecular complexity index is 1780. The molecule has 7 nitrogen and oxygen atoms in total. The third-order valence-corrected chi connectivity index (χ3v) is 6.60. The lowest BCUT2D eigenvalue weighted by Gasteiger charge is -2.06. The van der Waals surface area contributed by atoms with Gasteiger partial charge < -0.3 is 17.1 Å². The van der Waals surface area contributed by atoms with Crippen molar-refractivity contribution < 1.29 is 54.3 Å². The van der Waals surface area contributed by atoms with Gasteiger partial charge in [0, 0.05) is 27.8 Å².